The van der Waals surface area contributed by atoms with Crippen LogP contribution < -0.4 is 11.1 Å². The maximum atomic E-state index is 12.2. The molecule has 1 saturated heterocycles. The fourth-order valence-corrected chi connectivity index (χ4v) is 2.04. The molecule has 0 atom stereocenters. The van der Waals surface area contributed by atoms with E-state index >= 15 is 0 Å². The van der Waals surface area contributed by atoms with Crippen LogP contribution in [0.15, 0.2) is 4.52 Å². The van der Waals surface area contributed by atoms with Crippen molar-refractivity contribution in [3.05, 3.63) is 11.7 Å². The van der Waals surface area contributed by atoms with E-state index in [1.165, 1.54) is 0 Å². The molecule has 2 heterocycles. The predicted molar refractivity (Wildman–Crippen MR) is 62.4 cm³/mol. The topological polar surface area (TPSA) is 103 Å². The summed E-state index contributed by atoms with van der Waals surface area (Å²) in [6.45, 7) is 3.44. The lowest BCUT2D eigenvalue weighted by Crippen LogP contribution is -2.49. The molecule has 18 heavy (non-hydrogen) atoms. The summed E-state index contributed by atoms with van der Waals surface area (Å²) in [6, 6.07) is 0. The molecule has 0 radical (unpaired) electrons. The number of nitrogens with zero attached hydrogens (tertiary/aromatic N) is 2. The van der Waals surface area contributed by atoms with Gasteiger partial charge in [-0.15, -0.1) is 0 Å². The van der Waals surface area contributed by atoms with E-state index in [4.69, 9.17) is 15.0 Å². The van der Waals surface area contributed by atoms with Gasteiger partial charge < -0.3 is 20.3 Å². The molecule has 1 fully saturated rings. The number of aryl methyl sites for hydroxylation is 1. The van der Waals surface area contributed by atoms with Crippen molar-refractivity contribution >= 4 is 5.91 Å². The smallest absolute Gasteiger partial charge is 0.246 e. The van der Waals surface area contributed by atoms with Crippen molar-refractivity contribution in [2.24, 2.45) is 11.1 Å². The quantitative estimate of drug-likeness (QED) is 0.768. The van der Waals surface area contributed by atoms with Crippen molar-refractivity contribution in [3.63, 3.8) is 0 Å². The predicted octanol–water partition coefficient (Wildman–Crippen LogP) is -0.250. The second-order valence-corrected chi connectivity index (χ2v) is 4.51. The molecular formula is C11H18N4O3. The number of aromatic nitrogens is 2. The van der Waals surface area contributed by atoms with E-state index in [1.807, 2.05) is 0 Å². The first-order chi connectivity index (χ1) is 8.66. The van der Waals surface area contributed by atoms with Crippen LogP contribution >= 0.6 is 0 Å². The van der Waals surface area contributed by atoms with Crippen LogP contribution in [0, 0.1) is 12.3 Å². The van der Waals surface area contributed by atoms with Gasteiger partial charge in [-0.25, -0.2) is 0 Å². The van der Waals surface area contributed by atoms with Gasteiger partial charge >= 0.3 is 0 Å². The molecule has 1 aromatic rings. The third kappa shape index (κ3) is 2.68. The molecule has 0 bridgehead atoms. The van der Waals surface area contributed by atoms with E-state index in [0.29, 0.717) is 44.3 Å². The highest BCUT2D eigenvalue weighted by Crippen LogP contribution is 2.29. The normalized spacial score (nSPS) is 18.6. The Morgan fingerprint density at radius 3 is 2.78 bits per heavy atom. The zero-order chi connectivity index (χ0) is 13.0. The van der Waals surface area contributed by atoms with Crippen LogP contribution in [0.25, 0.3) is 0 Å². The second kappa shape index (κ2) is 5.45. The van der Waals surface area contributed by atoms with Crippen molar-refractivity contribution in [2.45, 2.75) is 26.3 Å². The van der Waals surface area contributed by atoms with E-state index in [1.54, 1.807) is 6.92 Å². The Morgan fingerprint density at radius 1 is 1.50 bits per heavy atom. The zero-order valence-electron chi connectivity index (χ0n) is 10.4. The van der Waals surface area contributed by atoms with Gasteiger partial charge in [0.25, 0.3) is 0 Å². The molecular weight excluding hydrogens is 236 g/mol. The largest absolute Gasteiger partial charge is 0.381 e. The van der Waals surface area contributed by atoms with E-state index in [0.717, 1.165) is 0 Å². The maximum Gasteiger partial charge on any atom is 0.246 e. The monoisotopic (exact) mass is 254 g/mol. The van der Waals surface area contributed by atoms with Crippen LogP contribution in [0.5, 0.6) is 0 Å². The van der Waals surface area contributed by atoms with Gasteiger partial charge in [-0.2, -0.15) is 4.98 Å². The molecule has 1 aliphatic heterocycles. The number of amides is 1. The maximum absolute atomic E-state index is 12.2. The Labute approximate surface area is 105 Å². The summed E-state index contributed by atoms with van der Waals surface area (Å²) < 4.78 is 10.2. The molecule has 1 aliphatic rings. The van der Waals surface area contributed by atoms with Gasteiger partial charge in [0.15, 0.2) is 5.82 Å². The summed E-state index contributed by atoms with van der Waals surface area (Å²) in [5.41, 5.74) is 5.22. The van der Waals surface area contributed by atoms with Crippen molar-refractivity contribution in [2.75, 3.05) is 19.8 Å². The van der Waals surface area contributed by atoms with Gasteiger partial charge in [0, 0.05) is 19.8 Å². The fourth-order valence-electron chi connectivity index (χ4n) is 2.04. The lowest BCUT2D eigenvalue weighted by molar-refractivity contribution is -0.136. The van der Waals surface area contributed by atoms with Gasteiger partial charge in [0.1, 0.15) is 0 Å². The molecule has 0 aromatic carbocycles. The highest BCUT2D eigenvalue weighted by Gasteiger charge is 2.38. The number of rotatable bonds is 4. The average Bonchev–Trinajstić information content (AvgIpc) is 2.82. The summed E-state index contributed by atoms with van der Waals surface area (Å²) in [7, 11) is 0. The minimum Gasteiger partial charge on any atom is -0.381 e. The first kappa shape index (κ1) is 13.0. The molecule has 7 nitrogen and oxygen atoms in total. The second-order valence-electron chi connectivity index (χ2n) is 4.51. The van der Waals surface area contributed by atoms with Crippen LogP contribution in [0.1, 0.15) is 24.6 Å². The summed E-state index contributed by atoms with van der Waals surface area (Å²) in [5.74, 6) is 0.892. The van der Waals surface area contributed by atoms with E-state index in [-0.39, 0.29) is 12.5 Å². The third-order valence-corrected chi connectivity index (χ3v) is 3.29. The van der Waals surface area contributed by atoms with E-state index < -0.39 is 5.41 Å². The standard InChI is InChI=1S/C11H18N4O3/c1-8-14-9(18-15-8)6-13-10(16)11(7-12)2-4-17-5-3-11/h2-7,12H2,1H3,(H,13,16). The molecule has 100 valence electrons. The van der Waals surface area contributed by atoms with Crippen molar-refractivity contribution in [1.82, 2.24) is 15.5 Å². The molecule has 7 heteroatoms. The summed E-state index contributed by atoms with van der Waals surface area (Å²) in [5, 5.41) is 6.47. The van der Waals surface area contributed by atoms with Crippen molar-refractivity contribution < 1.29 is 14.1 Å². The molecule has 0 saturated carbocycles. The van der Waals surface area contributed by atoms with Crippen molar-refractivity contribution in [1.29, 1.82) is 0 Å². The molecule has 3 N–H and O–H groups in total. The summed E-state index contributed by atoms with van der Waals surface area (Å²) in [4.78, 5) is 16.2. The Kier molecular flexibility index (Phi) is 3.93. The van der Waals surface area contributed by atoms with Crippen molar-refractivity contribution in [3.8, 4) is 0 Å². The number of ether oxygens (including phenoxy) is 1. The van der Waals surface area contributed by atoms with E-state index in [9.17, 15) is 4.79 Å². The first-order valence-corrected chi connectivity index (χ1v) is 6.02. The SMILES string of the molecule is Cc1noc(CNC(=O)C2(CN)CCOCC2)n1. The van der Waals surface area contributed by atoms with Gasteiger partial charge in [-0.3, -0.25) is 4.79 Å². The Balaban J connectivity index is 1.93. The minimum absolute atomic E-state index is 0.0656. The third-order valence-electron chi connectivity index (χ3n) is 3.29. The highest BCUT2D eigenvalue weighted by atomic mass is 16.5. The minimum atomic E-state index is -0.521. The highest BCUT2D eigenvalue weighted by molar-refractivity contribution is 5.82. The Bertz CT molecular complexity index is 412. The van der Waals surface area contributed by atoms with Crippen LogP contribution in [-0.4, -0.2) is 35.8 Å². The molecule has 0 aliphatic carbocycles. The number of carbonyl (C=O) groups excluding carboxylic acids is 1. The number of hydrogen-bond acceptors (Lipinski definition) is 6. The van der Waals surface area contributed by atoms with E-state index in [2.05, 4.69) is 15.5 Å². The molecule has 1 amide bonds. The first-order valence-electron chi connectivity index (χ1n) is 6.02. The van der Waals surface area contributed by atoms with Gasteiger partial charge in [0.05, 0.1) is 12.0 Å². The number of nitrogens with two attached hydrogens (primary N) is 1. The lowest BCUT2D eigenvalue weighted by Gasteiger charge is -2.34. The molecule has 1 aromatic heterocycles. The zero-order valence-corrected chi connectivity index (χ0v) is 10.4. The Hall–Kier alpha value is -1.47. The van der Waals surface area contributed by atoms with Crippen LogP contribution in [0.4, 0.5) is 0 Å². The summed E-state index contributed by atoms with van der Waals surface area (Å²) in [6.07, 6.45) is 1.30. The molecule has 0 spiro atoms. The molecule has 0 unspecified atom stereocenters. The number of nitrogens with one attached hydrogen (secondary N) is 1. The van der Waals surface area contributed by atoms with Gasteiger partial charge in [-0.1, -0.05) is 5.16 Å². The van der Waals surface area contributed by atoms with Gasteiger partial charge in [0.2, 0.25) is 11.8 Å². The Morgan fingerprint density at radius 2 is 2.22 bits per heavy atom. The van der Waals surface area contributed by atoms with Crippen LogP contribution in [0.2, 0.25) is 0 Å². The lowest BCUT2D eigenvalue weighted by atomic mass is 9.79. The van der Waals surface area contributed by atoms with Crippen LogP contribution in [0.3, 0.4) is 0 Å². The fraction of sp³-hybridized carbons (Fsp3) is 0.727. The van der Waals surface area contributed by atoms with Crippen LogP contribution in [-0.2, 0) is 16.1 Å². The molecule has 2 rings (SSSR count). The summed E-state index contributed by atoms with van der Waals surface area (Å²) >= 11 is 0. The van der Waals surface area contributed by atoms with Gasteiger partial charge in [-0.05, 0) is 19.8 Å². The number of carbonyl (C=O) groups is 1. The number of hydrogen-bond donors (Lipinski definition) is 2. The average molecular weight is 254 g/mol.